The fraction of sp³-hybridized carbons (Fsp3) is 0.200. The molecule has 2 rings (SSSR count). The molecule has 0 aliphatic carbocycles. The van der Waals surface area contributed by atoms with Crippen LogP contribution in [0.2, 0.25) is 0 Å². The third-order valence-corrected chi connectivity index (χ3v) is 2.98. The van der Waals surface area contributed by atoms with E-state index >= 15 is 0 Å². The van der Waals surface area contributed by atoms with E-state index in [0.717, 1.165) is 11.5 Å². The molecule has 3 nitrogen and oxygen atoms in total. The molecule has 0 aliphatic heterocycles. The summed E-state index contributed by atoms with van der Waals surface area (Å²) in [6, 6.07) is 10.3. The van der Waals surface area contributed by atoms with Crippen molar-refractivity contribution >= 4 is 24.0 Å². The summed E-state index contributed by atoms with van der Waals surface area (Å²) >= 11 is 6.53. The van der Waals surface area contributed by atoms with E-state index in [1.165, 1.54) is 5.56 Å². The lowest BCUT2D eigenvalue weighted by molar-refractivity contribution is 0.500. The van der Waals surface area contributed by atoms with E-state index in [0.29, 0.717) is 10.7 Å². The smallest absolute Gasteiger partial charge is 0.284 e. The Morgan fingerprint density at radius 1 is 1.27 bits per heavy atom. The van der Waals surface area contributed by atoms with E-state index in [-0.39, 0.29) is 0 Å². The van der Waals surface area contributed by atoms with Gasteiger partial charge in [-0.25, -0.2) is 5.10 Å². The number of nitrogens with zero attached hydrogens (tertiary/aromatic N) is 1. The van der Waals surface area contributed by atoms with Gasteiger partial charge in [0.15, 0.2) is 0 Å². The number of nitrogens with one attached hydrogen (secondary N) is 1. The average Bonchev–Trinajstić information content (AvgIpc) is 2.66. The van der Waals surface area contributed by atoms with Crippen LogP contribution in [0.5, 0.6) is 0 Å². The number of aromatic amines is 1. The van der Waals surface area contributed by atoms with Gasteiger partial charge in [0, 0.05) is 5.75 Å². The predicted octanol–water partition coefficient (Wildman–Crippen LogP) is 3.17. The van der Waals surface area contributed by atoms with E-state index in [9.17, 15) is 0 Å². The highest BCUT2D eigenvalue weighted by Crippen LogP contribution is 2.16. The lowest BCUT2D eigenvalue weighted by atomic mass is 10.2. The minimum Gasteiger partial charge on any atom is -0.413 e. The van der Waals surface area contributed by atoms with E-state index < -0.39 is 0 Å². The zero-order valence-corrected chi connectivity index (χ0v) is 9.61. The zero-order chi connectivity index (χ0) is 10.5. The maximum atomic E-state index is 5.15. The zero-order valence-electron chi connectivity index (χ0n) is 7.97. The van der Waals surface area contributed by atoms with E-state index in [1.54, 1.807) is 11.8 Å². The first kappa shape index (κ1) is 10.4. The quantitative estimate of drug-likeness (QED) is 0.831. The molecule has 1 aromatic carbocycles. The molecule has 5 heteroatoms. The number of rotatable bonds is 4. The fourth-order valence-electron chi connectivity index (χ4n) is 1.15. The van der Waals surface area contributed by atoms with Crippen LogP contribution in [0.25, 0.3) is 0 Å². The molecule has 0 saturated heterocycles. The van der Waals surface area contributed by atoms with E-state index in [4.69, 9.17) is 16.6 Å². The van der Waals surface area contributed by atoms with Gasteiger partial charge >= 0.3 is 0 Å². The lowest BCUT2D eigenvalue weighted by Crippen LogP contribution is -1.83. The normalized spacial score (nSPS) is 10.4. The molecule has 0 radical (unpaired) electrons. The molecule has 2 aromatic rings. The summed E-state index contributed by atoms with van der Waals surface area (Å²) in [5.74, 6) is 2.35. The van der Waals surface area contributed by atoms with Crippen molar-refractivity contribution in [2.75, 3.05) is 0 Å². The van der Waals surface area contributed by atoms with Gasteiger partial charge in [0.25, 0.3) is 4.84 Å². The van der Waals surface area contributed by atoms with Crippen LogP contribution in [0.3, 0.4) is 0 Å². The molecule has 0 saturated carbocycles. The summed E-state index contributed by atoms with van der Waals surface area (Å²) in [4.78, 5) is 0.338. The number of hydrogen-bond donors (Lipinski definition) is 1. The van der Waals surface area contributed by atoms with Gasteiger partial charge in [-0.05, 0) is 17.8 Å². The monoisotopic (exact) mass is 238 g/mol. The molecule has 0 atom stereocenters. The largest absolute Gasteiger partial charge is 0.413 e. The Balaban J connectivity index is 1.83. The third kappa shape index (κ3) is 3.21. The van der Waals surface area contributed by atoms with Gasteiger partial charge in [-0.2, -0.15) is 0 Å². The molecule has 0 fully saturated rings. The molecule has 0 aliphatic rings. The standard InChI is InChI=1S/C10H10N2OS2/c14-10-12-11-9(13-10)7-15-6-8-4-2-1-3-5-8/h1-5H,6-7H2,(H,12,14). The highest BCUT2D eigenvalue weighted by molar-refractivity contribution is 7.97. The van der Waals surface area contributed by atoms with Gasteiger partial charge in [-0.1, -0.05) is 30.3 Å². The van der Waals surface area contributed by atoms with E-state index in [1.807, 2.05) is 18.2 Å². The van der Waals surface area contributed by atoms with Gasteiger partial charge in [0.05, 0.1) is 5.75 Å². The van der Waals surface area contributed by atoms with Crippen LogP contribution >= 0.6 is 24.0 Å². The molecule has 78 valence electrons. The SMILES string of the molecule is S=c1[nH]nc(CSCc2ccccc2)o1. The Kier molecular flexibility index (Phi) is 3.58. The minimum atomic E-state index is 0.338. The summed E-state index contributed by atoms with van der Waals surface area (Å²) in [7, 11) is 0. The van der Waals surface area contributed by atoms with Crippen LogP contribution in [-0.2, 0) is 11.5 Å². The maximum Gasteiger partial charge on any atom is 0.284 e. The summed E-state index contributed by atoms with van der Waals surface area (Å²) in [5.41, 5.74) is 1.30. The number of thioether (sulfide) groups is 1. The van der Waals surface area contributed by atoms with Crippen LogP contribution in [-0.4, -0.2) is 10.2 Å². The van der Waals surface area contributed by atoms with Crippen molar-refractivity contribution in [1.82, 2.24) is 10.2 Å². The molecule has 0 unspecified atom stereocenters. The van der Waals surface area contributed by atoms with Crippen LogP contribution in [0.1, 0.15) is 11.5 Å². The number of hydrogen-bond acceptors (Lipinski definition) is 4. The lowest BCUT2D eigenvalue weighted by Gasteiger charge is -1.98. The van der Waals surface area contributed by atoms with Crippen molar-refractivity contribution in [1.29, 1.82) is 0 Å². The molecule has 0 bridgehead atoms. The first-order chi connectivity index (χ1) is 7.34. The van der Waals surface area contributed by atoms with Gasteiger partial charge < -0.3 is 4.42 Å². The van der Waals surface area contributed by atoms with Crippen molar-refractivity contribution in [2.24, 2.45) is 0 Å². The van der Waals surface area contributed by atoms with Crippen LogP contribution < -0.4 is 0 Å². The molecular formula is C10H10N2OS2. The Morgan fingerprint density at radius 2 is 2.07 bits per heavy atom. The molecule has 0 amide bonds. The highest BCUT2D eigenvalue weighted by atomic mass is 32.2. The maximum absolute atomic E-state index is 5.15. The Bertz CT molecular complexity index is 464. The van der Waals surface area contributed by atoms with Crippen molar-refractivity contribution in [2.45, 2.75) is 11.5 Å². The van der Waals surface area contributed by atoms with Gasteiger partial charge in [-0.15, -0.1) is 16.9 Å². The van der Waals surface area contributed by atoms with Crippen molar-refractivity contribution < 1.29 is 4.42 Å². The van der Waals surface area contributed by atoms with Crippen molar-refractivity contribution in [3.05, 3.63) is 46.6 Å². The minimum absolute atomic E-state index is 0.338. The average molecular weight is 238 g/mol. The molecule has 1 heterocycles. The van der Waals surface area contributed by atoms with Crippen LogP contribution in [0.15, 0.2) is 34.7 Å². The Hall–Kier alpha value is -1.07. The van der Waals surface area contributed by atoms with Crippen LogP contribution in [0, 0.1) is 4.84 Å². The summed E-state index contributed by atoms with van der Waals surface area (Å²) in [6.07, 6.45) is 0. The first-order valence-electron chi connectivity index (χ1n) is 4.50. The second-order valence-corrected chi connectivity index (χ2v) is 4.34. The Labute approximate surface area is 96.9 Å². The summed E-state index contributed by atoms with van der Waals surface area (Å²) in [6.45, 7) is 0. The first-order valence-corrected chi connectivity index (χ1v) is 6.07. The third-order valence-electron chi connectivity index (χ3n) is 1.82. The number of H-pyrrole nitrogens is 1. The highest BCUT2D eigenvalue weighted by Gasteiger charge is 1.99. The van der Waals surface area contributed by atoms with E-state index in [2.05, 4.69) is 22.3 Å². The molecule has 15 heavy (non-hydrogen) atoms. The van der Waals surface area contributed by atoms with Gasteiger partial charge in [0.1, 0.15) is 0 Å². The number of benzene rings is 1. The van der Waals surface area contributed by atoms with Crippen molar-refractivity contribution in [3.63, 3.8) is 0 Å². The summed E-state index contributed by atoms with van der Waals surface area (Å²) in [5, 5.41) is 6.53. The van der Waals surface area contributed by atoms with Crippen molar-refractivity contribution in [3.8, 4) is 0 Å². The molecule has 1 aromatic heterocycles. The fourth-order valence-corrected chi connectivity index (χ4v) is 2.12. The topological polar surface area (TPSA) is 41.8 Å². The van der Waals surface area contributed by atoms with Gasteiger partial charge in [-0.3, -0.25) is 0 Å². The second-order valence-electron chi connectivity index (χ2n) is 2.99. The number of aromatic nitrogens is 2. The molecule has 0 spiro atoms. The predicted molar refractivity (Wildman–Crippen MR) is 63.1 cm³/mol. The van der Waals surface area contributed by atoms with Gasteiger partial charge in [0.2, 0.25) is 5.89 Å². The summed E-state index contributed by atoms with van der Waals surface area (Å²) < 4.78 is 5.15. The molecular weight excluding hydrogens is 228 g/mol. The molecule has 1 N–H and O–H groups in total. The van der Waals surface area contributed by atoms with Crippen LogP contribution in [0.4, 0.5) is 0 Å². The second kappa shape index (κ2) is 5.14. The Morgan fingerprint density at radius 3 is 2.73 bits per heavy atom.